The molecule has 2 rings (SSSR count). The summed E-state index contributed by atoms with van der Waals surface area (Å²) < 4.78 is 11.2. The topological polar surface area (TPSA) is 38.7 Å². The van der Waals surface area contributed by atoms with Crippen LogP contribution in [0.15, 0.2) is 24.3 Å². The van der Waals surface area contributed by atoms with Crippen LogP contribution in [0.3, 0.4) is 0 Å². The predicted octanol–water partition coefficient (Wildman–Crippen LogP) is 1.73. The molecule has 1 heterocycles. The first-order chi connectivity index (χ1) is 8.90. The normalized spacial score (nSPS) is 16.1. The van der Waals surface area contributed by atoms with Crippen molar-refractivity contribution < 1.29 is 14.6 Å². The van der Waals surface area contributed by atoms with Gasteiger partial charge < -0.3 is 14.6 Å². The first-order valence-electron chi connectivity index (χ1n) is 6.27. The zero-order valence-corrected chi connectivity index (χ0v) is 10.4. The lowest BCUT2D eigenvalue weighted by molar-refractivity contribution is -0.0391. The molecule has 1 aromatic rings. The largest absolute Gasteiger partial charge is 0.384 e. The summed E-state index contributed by atoms with van der Waals surface area (Å²) in [5.74, 6) is 5.62. The number of benzene rings is 1. The van der Waals surface area contributed by atoms with E-state index in [0.717, 1.165) is 37.2 Å². The van der Waals surface area contributed by atoms with Gasteiger partial charge in [0.2, 0.25) is 0 Å². The van der Waals surface area contributed by atoms with Crippen LogP contribution < -0.4 is 0 Å². The molecule has 0 radical (unpaired) electrons. The number of ether oxygens (including phenoxy) is 2. The van der Waals surface area contributed by atoms with Crippen LogP contribution in [0.4, 0.5) is 0 Å². The van der Waals surface area contributed by atoms with Crippen LogP contribution in [0.25, 0.3) is 0 Å². The van der Waals surface area contributed by atoms with Crippen molar-refractivity contribution in [1.82, 2.24) is 0 Å². The average molecular weight is 246 g/mol. The van der Waals surface area contributed by atoms with Gasteiger partial charge >= 0.3 is 0 Å². The Morgan fingerprint density at radius 2 is 2.06 bits per heavy atom. The van der Waals surface area contributed by atoms with E-state index in [0.29, 0.717) is 6.61 Å². The number of aliphatic hydroxyl groups excluding tert-OH is 1. The van der Waals surface area contributed by atoms with E-state index >= 15 is 0 Å². The van der Waals surface area contributed by atoms with Crippen molar-refractivity contribution in [1.29, 1.82) is 0 Å². The van der Waals surface area contributed by atoms with E-state index < -0.39 is 0 Å². The van der Waals surface area contributed by atoms with Crippen LogP contribution >= 0.6 is 0 Å². The second-order valence-corrected chi connectivity index (χ2v) is 4.24. The quantitative estimate of drug-likeness (QED) is 0.825. The van der Waals surface area contributed by atoms with Crippen molar-refractivity contribution in [2.75, 3.05) is 19.8 Å². The maximum atomic E-state index is 8.73. The van der Waals surface area contributed by atoms with E-state index in [4.69, 9.17) is 14.6 Å². The average Bonchev–Trinajstić information content (AvgIpc) is 2.45. The van der Waals surface area contributed by atoms with Crippen LogP contribution in [0.5, 0.6) is 0 Å². The van der Waals surface area contributed by atoms with Gasteiger partial charge in [0.05, 0.1) is 12.7 Å². The molecule has 0 aromatic heterocycles. The van der Waals surface area contributed by atoms with Crippen molar-refractivity contribution in [3.63, 3.8) is 0 Å². The van der Waals surface area contributed by atoms with Gasteiger partial charge in [0.1, 0.15) is 6.61 Å². The van der Waals surface area contributed by atoms with Gasteiger partial charge in [-0.3, -0.25) is 0 Å². The molecule has 0 atom stereocenters. The van der Waals surface area contributed by atoms with Gasteiger partial charge in [0.15, 0.2) is 0 Å². The van der Waals surface area contributed by atoms with Crippen molar-refractivity contribution in [3.05, 3.63) is 35.4 Å². The molecule has 1 aliphatic rings. The first kappa shape index (κ1) is 13.1. The summed E-state index contributed by atoms with van der Waals surface area (Å²) in [6.07, 6.45) is 2.22. The minimum Gasteiger partial charge on any atom is -0.384 e. The summed E-state index contributed by atoms with van der Waals surface area (Å²) in [7, 11) is 0. The molecular formula is C15H18O3. The Morgan fingerprint density at radius 3 is 2.83 bits per heavy atom. The standard InChI is InChI=1S/C15H18O3/c16-9-3-6-13-4-1-2-5-14(13)12-18-15-7-10-17-11-8-15/h1-2,4-5,15-16H,7-12H2. The predicted molar refractivity (Wildman–Crippen MR) is 69.0 cm³/mol. The van der Waals surface area contributed by atoms with E-state index in [2.05, 4.69) is 11.8 Å². The van der Waals surface area contributed by atoms with Crippen LogP contribution in [-0.4, -0.2) is 31.0 Å². The number of hydrogen-bond acceptors (Lipinski definition) is 3. The smallest absolute Gasteiger partial charge is 0.104 e. The first-order valence-corrected chi connectivity index (χ1v) is 6.27. The van der Waals surface area contributed by atoms with Gasteiger partial charge in [-0.25, -0.2) is 0 Å². The Kier molecular flexibility index (Phi) is 5.22. The van der Waals surface area contributed by atoms with E-state index in [1.54, 1.807) is 0 Å². The van der Waals surface area contributed by atoms with E-state index in [1.165, 1.54) is 0 Å². The Balaban J connectivity index is 1.95. The van der Waals surface area contributed by atoms with Crippen molar-refractivity contribution in [3.8, 4) is 11.8 Å². The molecule has 0 unspecified atom stereocenters. The van der Waals surface area contributed by atoms with E-state index in [9.17, 15) is 0 Å². The summed E-state index contributed by atoms with van der Waals surface area (Å²) in [6, 6.07) is 7.89. The maximum absolute atomic E-state index is 8.73. The molecule has 0 aliphatic carbocycles. The zero-order valence-electron chi connectivity index (χ0n) is 10.4. The molecule has 0 amide bonds. The highest BCUT2D eigenvalue weighted by Gasteiger charge is 2.14. The lowest BCUT2D eigenvalue weighted by atomic mass is 10.1. The molecule has 1 aromatic carbocycles. The molecule has 3 nitrogen and oxygen atoms in total. The maximum Gasteiger partial charge on any atom is 0.104 e. The molecule has 96 valence electrons. The summed E-state index contributed by atoms with van der Waals surface area (Å²) in [5, 5.41) is 8.73. The fourth-order valence-electron chi connectivity index (χ4n) is 1.95. The van der Waals surface area contributed by atoms with Gasteiger partial charge in [0.25, 0.3) is 0 Å². The number of hydrogen-bond donors (Lipinski definition) is 1. The van der Waals surface area contributed by atoms with E-state index in [1.807, 2.05) is 24.3 Å². The third-order valence-corrected chi connectivity index (χ3v) is 2.96. The Labute approximate surface area is 108 Å². The summed E-state index contributed by atoms with van der Waals surface area (Å²) in [5.41, 5.74) is 2.00. The van der Waals surface area contributed by atoms with Crippen LogP contribution in [0.1, 0.15) is 24.0 Å². The highest BCUT2D eigenvalue weighted by atomic mass is 16.5. The molecular weight excluding hydrogens is 228 g/mol. The summed E-state index contributed by atoms with van der Waals surface area (Å²) in [4.78, 5) is 0. The monoisotopic (exact) mass is 246 g/mol. The molecule has 18 heavy (non-hydrogen) atoms. The van der Waals surface area contributed by atoms with Crippen LogP contribution in [0.2, 0.25) is 0 Å². The molecule has 1 fully saturated rings. The Morgan fingerprint density at radius 1 is 1.28 bits per heavy atom. The Bertz CT molecular complexity index is 425. The third-order valence-electron chi connectivity index (χ3n) is 2.96. The van der Waals surface area contributed by atoms with Crippen LogP contribution in [0, 0.1) is 11.8 Å². The molecule has 0 spiro atoms. The molecule has 3 heteroatoms. The SMILES string of the molecule is OCC#Cc1ccccc1COC1CCOCC1. The van der Waals surface area contributed by atoms with Gasteiger partial charge in [0, 0.05) is 18.8 Å². The van der Waals surface area contributed by atoms with Crippen LogP contribution in [-0.2, 0) is 16.1 Å². The summed E-state index contributed by atoms with van der Waals surface area (Å²) >= 11 is 0. The fourth-order valence-corrected chi connectivity index (χ4v) is 1.95. The lowest BCUT2D eigenvalue weighted by Gasteiger charge is -2.22. The van der Waals surface area contributed by atoms with Crippen molar-refractivity contribution >= 4 is 0 Å². The van der Waals surface area contributed by atoms with Gasteiger partial charge in [-0.2, -0.15) is 0 Å². The van der Waals surface area contributed by atoms with Gasteiger partial charge in [-0.1, -0.05) is 30.0 Å². The Hall–Kier alpha value is -1.34. The number of aliphatic hydroxyl groups is 1. The van der Waals surface area contributed by atoms with Gasteiger partial charge in [-0.15, -0.1) is 0 Å². The molecule has 1 aliphatic heterocycles. The zero-order chi connectivity index (χ0) is 12.6. The molecule has 1 saturated heterocycles. The third kappa shape index (κ3) is 3.85. The van der Waals surface area contributed by atoms with Crippen molar-refractivity contribution in [2.24, 2.45) is 0 Å². The summed E-state index contributed by atoms with van der Waals surface area (Å²) in [6.45, 7) is 2.03. The van der Waals surface area contributed by atoms with E-state index in [-0.39, 0.29) is 12.7 Å². The highest BCUT2D eigenvalue weighted by Crippen LogP contribution is 2.15. The molecule has 0 bridgehead atoms. The van der Waals surface area contributed by atoms with Crippen molar-refractivity contribution in [2.45, 2.75) is 25.6 Å². The van der Waals surface area contributed by atoms with Gasteiger partial charge in [-0.05, 0) is 24.5 Å². The fraction of sp³-hybridized carbons (Fsp3) is 0.467. The highest BCUT2D eigenvalue weighted by molar-refractivity contribution is 5.40. The molecule has 0 saturated carbocycles. The minimum absolute atomic E-state index is 0.116. The second-order valence-electron chi connectivity index (χ2n) is 4.24. The number of rotatable bonds is 3. The molecule has 1 N–H and O–H groups in total. The second kappa shape index (κ2) is 7.17. The lowest BCUT2D eigenvalue weighted by Crippen LogP contribution is -2.23. The minimum atomic E-state index is -0.116.